The normalized spacial score (nSPS) is 9.65. The fourth-order valence-corrected chi connectivity index (χ4v) is 1.29. The van der Waals surface area contributed by atoms with E-state index in [-0.39, 0.29) is 0 Å². The van der Waals surface area contributed by atoms with Gasteiger partial charge in [-0.2, -0.15) is 5.26 Å². The van der Waals surface area contributed by atoms with Gasteiger partial charge in [0.1, 0.15) is 5.75 Å². The van der Waals surface area contributed by atoms with Gasteiger partial charge in [-0.15, -0.1) is 0 Å². The van der Waals surface area contributed by atoms with Crippen molar-refractivity contribution in [2.24, 2.45) is 0 Å². The Morgan fingerprint density at radius 2 is 2.00 bits per heavy atom. The number of nitrogens with zero attached hydrogens (tertiary/aromatic N) is 2. The molecule has 0 bridgehead atoms. The molecule has 84 valence electrons. The lowest BCUT2D eigenvalue weighted by Crippen LogP contribution is -1.94. The molecule has 2 aromatic rings. The zero-order valence-electron chi connectivity index (χ0n) is 9.34. The highest BCUT2D eigenvalue weighted by Gasteiger charge is 2.01. The van der Waals surface area contributed by atoms with Crippen molar-refractivity contribution in [1.82, 2.24) is 4.98 Å². The van der Waals surface area contributed by atoms with Gasteiger partial charge in [0.05, 0.1) is 11.6 Å². The summed E-state index contributed by atoms with van der Waals surface area (Å²) >= 11 is 0. The molecule has 0 unspecified atom stereocenters. The zero-order chi connectivity index (χ0) is 12.3. The first kappa shape index (κ1) is 11.0. The number of pyridine rings is 1. The zero-order valence-corrected chi connectivity index (χ0v) is 9.34. The number of nitrogens with two attached hydrogens (primary N) is 1. The molecule has 2 rings (SSSR count). The Hall–Kier alpha value is -2.54. The van der Waals surface area contributed by atoms with Crippen LogP contribution >= 0.6 is 0 Å². The van der Waals surface area contributed by atoms with Crippen LogP contribution in [0, 0.1) is 18.3 Å². The van der Waals surface area contributed by atoms with E-state index in [2.05, 4.69) is 4.98 Å². The topological polar surface area (TPSA) is 71.9 Å². The van der Waals surface area contributed by atoms with Crippen molar-refractivity contribution in [3.63, 3.8) is 0 Å². The molecule has 2 N–H and O–H groups in total. The lowest BCUT2D eigenvalue weighted by Gasteiger charge is -2.06. The summed E-state index contributed by atoms with van der Waals surface area (Å²) in [6, 6.07) is 10.5. The maximum atomic E-state index is 8.67. The van der Waals surface area contributed by atoms with Crippen LogP contribution in [-0.4, -0.2) is 4.98 Å². The first-order chi connectivity index (χ1) is 8.19. The van der Waals surface area contributed by atoms with Gasteiger partial charge >= 0.3 is 0 Å². The molecule has 1 heterocycles. The van der Waals surface area contributed by atoms with Crippen molar-refractivity contribution in [3.05, 3.63) is 47.7 Å². The third-order valence-electron chi connectivity index (χ3n) is 2.33. The highest BCUT2D eigenvalue weighted by Crippen LogP contribution is 2.22. The number of ether oxygens (including phenoxy) is 1. The first-order valence-corrected chi connectivity index (χ1v) is 5.09. The molecule has 4 nitrogen and oxygen atoms in total. The molecule has 0 radical (unpaired) electrons. The maximum absolute atomic E-state index is 8.67. The summed E-state index contributed by atoms with van der Waals surface area (Å²) in [5.74, 6) is 1.07. The van der Waals surface area contributed by atoms with Gasteiger partial charge in [-0.25, -0.2) is 4.98 Å². The number of rotatable bonds is 2. The summed E-state index contributed by atoms with van der Waals surface area (Å²) in [6.45, 7) is 1.88. The van der Waals surface area contributed by atoms with Crippen LogP contribution in [0.3, 0.4) is 0 Å². The van der Waals surface area contributed by atoms with Gasteiger partial charge < -0.3 is 10.5 Å². The van der Waals surface area contributed by atoms with Crippen LogP contribution in [-0.2, 0) is 0 Å². The Morgan fingerprint density at radius 3 is 2.59 bits per heavy atom. The van der Waals surface area contributed by atoms with Gasteiger partial charge in [0, 0.05) is 18.0 Å². The van der Waals surface area contributed by atoms with Gasteiger partial charge in [-0.3, -0.25) is 0 Å². The fraction of sp³-hybridized carbons (Fsp3) is 0.0769. The molecule has 4 heteroatoms. The fourth-order valence-electron chi connectivity index (χ4n) is 1.29. The van der Waals surface area contributed by atoms with Crippen molar-refractivity contribution >= 4 is 5.69 Å². The SMILES string of the molecule is Cc1cnc(Oc2ccc(C#N)cc2)cc1N. The van der Waals surface area contributed by atoms with E-state index >= 15 is 0 Å². The minimum atomic E-state index is 0.442. The predicted octanol–water partition coefficient (Wildman–Crippen LogP) is 2.64. The predicted molar refractivity (Wildman–Crippen MR) is 64.6 cm³/mol. The monoisotopic (exact) mass is 225 g/mol. The number of anilines is 1. The van der Waals surface area contributed by atoms with Crippen molar-refractivity contribution < 1.29 is 4.74 Å². The van der Waals surface area contributed by atoms with Gasteiger partial charge in [0.25, 0.3) is 0 Å². The Labute approximate surface area is 99.3 Å². The average Bonchev–Trinajstić information content (AvgIpc) is 2.35. The summed E-state index contributed by atoms with van der Waals surface area (Å²) in [6.07, 6.45) is 1.66. The minimum absolute atomic E-state index is 0.442. The molecule has 17 heavy (non-hydrogen) atoms. The molecule has 1 aromatic heterocycles. The van der Waals surface area contributed by atoms with Crippen molar-refractivity contribution in [2.45, 2.75) is 6.92 Å². The van der Waals surface area contributed by atoms with Gasteiger partial charge in [0.15, 0.2) is 0 Å². The van der Waals surface area contributed by atoms with Crippen LogP contribution in [0.1, 0.15) is 11.1 Å². The number of hydrogen-bond acceptors (Lipinski definition) is 4. The van der Waals surface area contributed by atoms with E-state index in [4.69, 9.17) is 15.7 Å². The second-order valence-corrected chi connectivity index (χ2v) is 3.62. The van der Waals surface area contributed by atoms with Crippen LogP contribution in [0.15, 0.2) is 36.5 Å². The van der Waals surface area contributed by atoms with Crippen LogP contribution in [0.25, 0.3) is 0 Å². The molecule has 0 atom stereocenters. The van der Waals surface area contributed by atoms with Crippen LogP contribution in [0.4, 0.5) is 5.69 Å². The van der Waals surface area contributed by atoms with Crippen molar-refractivity contribution in [3.8, 4) is 17.7 Å². The Balaban J connectivity index is 2.20. The maximum Gasteiger partial charge on any atom is 0.221 e. The van der Waals surface area contributed by atoms with E-state index in [9.17, 15) is 0 Å². The van der Waals surface area contributed by atoms with Crippen LogP contribution < -0.4 is 10.5 Å². The summed E-state index contributed by atoms with van der Waals surface area (Å²) < 4.78 is 5.51. The van der Waals surface area contributed by atoms with E-state index in [1.54, 1.807) is 36.5 Å². The highest BCUT2D eigenvalue weighted by molar-refractivity contribution is 5.48. The van der Waals surface area contributed by atoms with Crippen molar-refractivity contribution in [2.75, 3.05) is 5.73 Å². The van der Waals surface area contributed by atoms with Crippen molar-refractivity contribution in [1.29, 1.82) is 5.26 Å². The second kappa shape index (κ2) is 4.54. The standard InChI is InChI=1S/C13H11N3O/c1-9-8-16-13(6-12(9)15)17-11-4-2-10(7-14)3-5-11/h2-6,8H,1H3,(H2,15,16). The lowest BCUT2D eigenvalue weighted by atomic mass is 10.2. The van der Waals surface area contributed by atoms with Crippen LogP contribution in [0.5, 0.6) is 11.6 Å². The van der Waals surface area contributed by atoms with E-state index in [1.165, 1.54) is 0 Å². The number of aromatic nitrogens is 1. The molecule has 0 saturated carbocycles. The molecule has 0 aliphatic heterocycles. The Kier molecular flexibility index (Phi) is 2.93. The molecular formula is C13H11N3O. The number of benzene rings is 1. The van der Waals surface area contributed by atoms with Gasteiger partial charge in [-0.05, 0) is 36.8 Å². The van der Waals surface area contributed by atoms with E-state index < -0.39 is 0 Å². The molecule has 0 fully saturated rings. The third-order valence-corrected chi connectivity index (χ3v) is 2.33. The average molecular weight is 225 g/mol. The Morgan fingerprint density at radius 1 is 1.29 bits per heavy atom. The van der Waals surface area contributed by atoms with E-state index in [0.717, 1.165) is 5.56 Å². The number of nitrogen functional groups attached to an aromatic ring is 1. The largest absolute Gasteiger partial charge is 0.439 e. The molecular weight excluding hydrogens is 214 g/mol. The highest BCUT2D eigenvalue weighted by atomic mass is 16.5. The molecule has 0 saturated heterocycles. The third kappa shape index (κ3) is 2.52. The number of aryl methyl sites for hydroxylation is 1. The van der Waals surface area contributed by atoms with Gasteiger partial charge in [0.2, 0.25) is 5.88 Å². The molecule has 0 amide bonds. The Bertz CT molecular complexity index is 570. The summed E-state index contributed by atoms with van der Waals surface area (Å²) in [5.41, 5.74) is 7.90. The molecule has 0 spiro atoms. The van der Waals surface area contributed by atoms with E-state index in [0.29, 0.717) is 22.9 Å². The quantitative estimate of drug-likeness (QED) is 0.852. The molecule has 0 aliphatic rings. The number of nitriles is 1. The summed E-state index contributed by atoms with van der Waals surface area (Å²) in [5, 5.41) is 8.67. The first-order valence-electron chi connectivity index (χ1n) is 5.09. The smallest absolute Gasteiger partial charge is 0.221 e. The second-order valence-electron chi connectivity index (χ2n) is 3.62. The molecule has 1 aromatic carbocycles. The summed E-state index contributed by atoms with van der Waals surface area (Å²) in [7, 11) is 0. The van der Waals surface area contributed by atoms with Gasteiger partial charge in [-0.1, -0.05) is 0 Å². The van der Waals surface area contributed by atoms with Crippen LogP contribution in [0.2, 0.25) is 0 Å². The summed E-state index contributed by atoms with van der Waals surface area (Å²) in [4.78, 5) is 4.11. The number of hydrogen-bond donors (Lipinski definition) is 1. The minimum Gasteiger partial charge on any atom is -0.439 e. The lowest BCUT2D eigenvalue weighted by molar-refractivity contribution is 0.463. The molecule has 0 aliphatic carbocycles. The van der Waals surface area contributed by atoms with E-state index in [1.807, 2.05) is 13.0 Å².